The van der Waals surface area contributed by atoms with Crippen LogP contribution in [0.3, 0.4) is 0 Å². The zero-order chi connectivity index (χ0) is 20.8. The van der Waals surface area contributed by atoms with Crippen LogP contribution >= 0.6 is 0 Å². The highest BCUT2D eigenvalue weighted by Gasteiger charge is 2.31. The second-order valence-corrected chi connectivity index (χ2v) is 7.33. The van der Waals surface area contributed by atoms with Crippen molar-refractivity contribution in [1.29, 1.82) is 0 Å². The molecule has 1 amide bonds. The quantitative estimate of drug-likeness (QED) is 0.477. The van der Waals surface area contributed by atoms with Crippen LogP contribution in [0.4, 0.5) is 0 Å². The Morgan fingerprint density at radius 2 is 1.79 bits per heavy atom. The zero-order valence-electron chi connectivity index (χ0n) is 17.7. The van der Waals surface area contributed by atoms with E-state index < -0.39 is 5.97 Å². The number of aromatic nitrogens is 1. The minimum absolute atomic E-state index is 0.00211. The van der Waals surface area contributed by atoms with E-state index in [4.69, 9.17) is 9.47 Å². The van der Waals surface area contributed by atoms with E-state index in [2.05, 4.69) is 0 Å². The number of methoxy groups -OCH3 is 2. The lowest BCUT2D eigenvalue weighted by molar-refractivity contribution is -0.135. The van der Waals surface area contributed by atoms with Gasteiger partial charge in [-0.1, -0.05) is 12.8 Å². The summed E-state index contributed by atoms with van der Waals surface area (Å²) in [6.45, 7) is 6.82. The molecule has 28 heavy (non-hydrogen) atoms. The lowest BCUT2D eigenvalue weighted by Crippen LogP contribution is -2.41. The van der Waals surface area contributed by atoms with Gasteiger partial charge >= 0.3 is 5.97 Å². The summed E-state index contributed by atoms with van der Waals surface area (Å²) in [6.07, 6.45) is 3.88. The Hall–Kier alpha value is -2.15. The molecule has 1 heterocycles. The van der Waals surface area contributed by atoms with Gasteiger partial charge in [-0.25, -0.2) is 4.79 Å². The van der Waals surface area contributed by atoms with E-state index in [9.17, 15) is 14.4 Å². The van der Waals surface area contributed by atoms with Crippen LogP contribution in [-0.4, -0.2) is 61.0 Å². The number of Topliss-reactive ketones (excluding diaryl/α,β-unsaturated/α-hetero) is 1. The first kappa shape index (κ1) is 22.1. The molecular formula is C21H32N2O5. The van der Waals surface area contributed by atoms with Gasteiger partial charge in [0.25, 0.3) is 0 Å². The number of amides is 1. The predicted molar refractivity (Wildman–Crippen MR) is 106 cm³/mol. The summed E-state index contributed by atoms with van der Waals surface area (Å²) in [4.78, 5) is 39.9. The molecule has 1 fully saturated rings. The van der Waals surface area contributed by atoms with Crippen molar-refractivity contribution in [3.05, 3.63) is 22.5 Å². The first-order chi connectivity index (χ1) is 13.4. The van der Waals surface area contributed by atoms with Crippen LogP contribution < -0.4 is 0 Å². The summed E-state index contributed by atoms with van der Waals surface area (Å²) in [6, 6.07) is 0. The fourth-order valence-electron chi connectivity index (χ4n) is 4.21. The van der Waals surface area contributed by atoms with Gasteiger partial charge < -0.3 is 18.9 Å². The van der Waals surface area contributed by atoms with E-state index in [1.165, 1.54) is 7.11 Å². The van der Waals surface area contributed by atoms with Crippen molar-refractivity contribution in [2.75, 3.05) is 33.9 Å². The predicted octanol–water partition coefficient (Wildman–Crippen LogP) is 2.76. The van der Waals surface area contributed by atoms with Gasteiger partial charge in [0, 0.05) is 37.4 Å². The molecule has 0 N–H and O–H groups in total. The average Bonchev–Trinajstić information content (AvgIpc) is 3.30. The Balaban J connectivity index is 2.31. The molecule has 1 aromatic heterocycles. The lowest BCUT2D eigenvalue weighted by Gasteiger charge is -2.25. The van der Waals surface area contributed by atoms with E-state index >= 15 is 0 Å². The summed E-state index contributed by atoms with van der Waals surface area (Å²) in [5.74, 6) is -0.589. The third kappa shape index (κ3) is 4.46. The molecule has 1 saturated carbocycles. The molecule has 0 unspecified atom stereocenters. The van der Waals surface area contributed by atoms with Crippen LogP contribution in [0.25, 0.3) is 0 Å². The molecule has 1 aliphatic rings. The largest absolute Gasteiger partial charge is 0.464 e. The van der Waals surface area contributed by atoms with Gasteiger partial charge in [-0.3, -0.25) is 9.59 Å². The number of esters is 1. The van der Waals surface area contributed by atoms with Crippen molar-refractivity contribution >= 4 is 17.7 Å². The number of ether oxygens (including phenoxy) is 2. The average molecular weight is 392 g/mol. The van der Waals surface area contributed by atoms with Crippen molar-refractivity contribution in [2.24, 2.45) is 5.92 Å². The molecule has 0 bridgehead atoms. The maximum Gasteiger partial charge on any atom is 0.354 e. The van der Waals surface area contributed by atoms with Gasteiger partial charge in [-0.05, 0) is 39.2 Å². The SMILES string of the molecule is CCn1c(C)c(C(=O)CN(CCOC)C(=O)C2CCCC2)c(C)c1C(=O)OC. The molecule has 0 spiro atoms. The van der Waals surface area contributed by atoms with Gasteiger partial charge in [-0.15, -0.1) is 0 Å². The second kappa shape index (κ2) is 9.87. The highest BCUT2D eigenvalue weighted by Crippen LogP contribution is 2.28. The number of nitrogens with zero attached hydrogens (tertiary/aromatic N) is 2. The fraction of sp³-hybridized carbons (Fsp3) is 0.667. The van der Waals surface area contributed by atoms with Crippen LogP contribution in [0.2, 0.25) is 0 Å². The van der Waals surface area contributed by atoms with Crippen LogP contribution in [0.15, 0.2) is 0 Å². The van der Waals surface area contributed by atoms with Crippen LogP contribution in [0, 0.1) is 19.8 Å². The Kier molecular flexibility index (Phi) is 7.80. The van der Waals surface area contributed by atoms with Crippen molar-refractivity contribution in [3.8, 4) is 0 Å². The minimum Gasteiger partial charge on any atom is -0.464 e. The Morgan fingerprint density at radius 3 is 2.32 bits per heavy atom. The number of carbonyl (C=O) groups is 3. The van der Waals surface area contributed by atoms with Crippen LogP contribution in [0.5, 0.6) is 0 Å². The van der Waals surface area contributed by atoms with Gasteiger partial charge in [0.15, 0.2) is 5.78 Å². The van der Waals surface area contributed by atoms with Crippen molar-refractivity contribution in [1.82, 2.24) is 9.47 Å². The topological polar surface area (TPSA) is 77.8 Å². The molecular weight excluding hydrogens is 360 g/mol. The lowest BCUT2D eigenvalue weighted by atomic mass is 10.0. The molecule has 156 valence electrons. The maximum absolute atomic E-state index is 13.2. The molecule has 0 aliphatic heterocycles. The summed E-state index contributed by atoms with van der Waals surface area (Å²) < 4.78 is 11.8. The normalized spacial score (nSPS) is 14.3. The monoisotopic (exact) mass is 392 g/mol. The fourth-order valence-corrected chi connectivity index (χ4v) is 4.21. The number of carbonyl (C=O) groups excluding carboxylic acids is 3. The maximum atomic E-state index is 13.2. The number of rotatable bonds is 9. The standard InChI is InChI=1S/C21H32N2O5/c1-6-23-15(3)18(14(2)19(23)21(26)28-5)17(24)13-22(11-12-27-4)20(25)16-9-7-8-10-16/h16H,6-13H2,1-5H3. The molecule has 0 radical (unpaired) electrons. The van der Waals surface area contributed by atoms with Gasteiger partial charge in [0.1, 0.15) is 5.69 Å². The number of hydrogen-bond donors (Lipinski definition) is 0. The van der Waals surface area contributed by atoms with E-state index in [0.717, 1.165) is 31.4 Å². The van der Waals surface area contributed by atoms with E-state index in [-0.39, 0.29) is 24.2 Å². The summed E-state index contributed by atoms with van der Waals surface area (Å²) in [5.41, 5.74) is 2.24. The Morgan fingerprint density at radius 1 is 1.14 bits per heavy atom. The Bertz CT molecular complexity index is 732. The second-order valence-electron chi connectivity index (χ2n) is 7.33. The molecule has 0 atom stereocenters. The smallest absolute Gasteiger partial charge is 0.354 e. The summed E-state index contributed by atoms with van der Waals surface area (Å²) >= 11 is 0. The third-order valence-corrected chi connectivity index (χ3v) is 5.66. The molecule has 7 heteroatoms. The van der Waals surface area contributed by atoms with E-state index in [0.29, 0.717) is 36.5 Å². The van der Waals surface area contributed by atoms with Crippen molar-refractivity contribution in [2.45, 2.75) is 53.0 Å². The molecule has 1 aromatic rings. The van der Waals surface area contributed by atoms with E-state index in [1.807, 2.05) is 13.8 Å². The Labute approximate surface area is 167 Å². The third-order valence-electron chi connectivity index (χ3n) is 5.66. The summed E-state index contributed by atoms with van der Waals surface area (Å²) in [7, 11) is 2.91. The van der Waals surface area contributed by atoms with Gasteiger partial charge in [0.2, 0.25) is 5.91 Å². The van der Waals surface area contributed by atoms with Gasteiger partial charge in [0.05, 0.1) is 20.3 Å². The first-order valence-corrected chi connectivity index (χ1v) is 9.96. The molecule has 7 nitrogen and oxygen atoms in total. The number of ketones is 1. The molecule has 0 aromatic carbocycles. The first-order valence-electron chi connectivity index (χ1n) is 9.96. The van der Waals surface area contributed by atoms with Gasteiger partial charge in [-0.2, -0.15) is 0 Å². The number of hydrogen-bond acceptors (Lipinski definition) is 5. The molecule has 0 saturated heterocycles. The van der Waals surface area contributed by atoms with Crippen LogP contribution in [-0.2, 0) is 20.8 Å². The van der Waals surface area contributed by atoms with E-state index in [1.54, 1.807) is 23.5 Å². The highest BCUT2D eigenvalue weighted by atomic mass is 16.5. The highest BCUT2D eigenvalue weighted by molar-refractivity contribution is 6.04. The van der Waals surface area contributed by atoms with Crippen molar-refractivity contribution < 1.29 is 23.9 Å². The van der Waals surface area contributed by atoms with Crippen LogP contribution in [0.1, 0.15) is 64.7 Å². The minimum atomic E-state index is -0.459. The molecule has 2 rings (SSSR count). The summed E-state index contributed by atoms with van der Waals surface area (Å²) in [5, 5.41) is 0. The van der Waals surface area contributed by atoms with Crippen molar-refractivity contribution in [3.63, 3.8) is 0 Å². The zero-order valence-corrected chi connectivity index (χ0v) is 17.7. The molecule has 1 aliphatic carbocycles.